The number of hydrogen-bond donors (Lipinski definition) is 1. The fourth-order valence-electron chi connectivity index (χ4n) is 3.69. The van der Waals surface area contributed by atoms with E-state index >= 15 is 0 Å². The van der Waals surface area contributed by atoms with Gasteiger partial charge in [-0.2, -0.15) is 0 Å². The molecule has 1 aromatic heterocycles. The van der Waals surface area contributed by atoms with Gasteiger partial charge in [0, 0.05) is 17.8 Å². The minimum Gasteiger partial charge on any atom is -0.481 e. The second kappa shape index (κ2) is 8.30. The molecule has 2 aliphatic rings. The summed E-state index contributed by atoms with van der Waals surface area (Å²) in [5.41, 5.74) is 1.41. The molecular weight excluding hydrogens is 415 g/mol. The predicted molar refractivity (Wildman–Crippen MR) is 108 cm³/mol. The molecule has 8 heteroatoms. The maximum Gasteiger partial charge on any atom is 0.306 e. The van der Waals surface area contributed by atoms with Crippen molar-refractivity contribution in [2.24, 2.45) is 5.92 Å². The van der Waals surface area contributed by atoms with Gasteiger partial charge in [-0.05, 0) is 48.6 Å². The number of pyridine rings is 1. The lowest BCUT2D eigenvalue weighted by Crippen LogP contribution is -2.52. The molecular formula is C21H20Cl2N2O4. The van der Waals surface area contributed by atoms with E-state index in [1.807, 2.05) is 6.07 Å². The molecule has 1 aliphatic heterocycles. The first-order valence-electron chi connectivity index (χ1n) is 9.47. The standard InChI is InChI=1S/C21H20Cl2N2O4/c22-14-3-1-2-13(8-14)20-19(16-7-6-15(23)10-24-16)25(11-12-4-5-12)21(28)17(29-20)9-18(26)27/h1-3,6-8,10,12,17,19-20H,4-5,9,11H2,(H,26,27)/t17-,19-,20-/m1/s1. The van der Waals surface area contributed by atoms with E-state index < -0.39 is 30.6 Å². The van der Waals surface area contributed by atoms with Gasteiger partial charge < -0.3 is 14.7 Å². The van der Waals surface area contributed by atoms with Crippen LogP contribution < -0.4 is 0 Å². The molecule has 2 aromatic rings. The number of ether oxygens (including phenoxy) is 1. The van der Waals surface area contributed by atoms with Gasteiger partial charge in [0.25, 0.3) is 5.91 Å². The molecule has 29 heavy (non-hydrogen) atoms. The minimum absolute atomic E-state index is 0.320. The van der Waals surface area contributed by atoms with Crippen LogP contribution in [0.15, 0.2) is 42.6 Å². The largest absolute Gasteiger partial charge is 0.481 e. The molecule has 1 aliphatic carbocycles. The molecule has 1 aromatic carbocycles. The smallest absolute Gasteiger partial charge is 0.306 e. The first-order valence-corrected chi connectivity index (χ1v) is 10.2. The quantitative estimate of drug-likeness (QED) is 0.733. The minimum atomic E-state index is -1.08. The van der Waals surface area contributed by atoms with Crippen LogP contribution in [0, 0.1) is 5.92 Å². The van der Waals surface area contributed by atoms with Crippen molar-refractivity contribution in [1.29, 1.82) is 0 Å². The van der Waals surface area contributed by atoms with Crippen molar-refractivity contribution >= 4 is 35.1 Å². The Labute approximate surface area is 178 Å². The lowest BCUT2D eigenvalue weighted by atomic mass is 9.93. The average molecular weight is 435 g/mol. The van der Waals surface area contributed by atoms with Crippen LogP contribution in [0.25, 0.3) is 0 Å². The Kier molecular flexibility index (Phi) is 5.76. The second-order valence-corrected chi connectivity index (χ2v) is 8.35. The Balaban J connectivity index is 1.78. The summed E-state index contributed by atoms with van der Waals surface area (Å²) in [6, 6.07) is 10.2. The highest BCUT2D eigenvalue weighted by atomic mass is 35.5. The number of carbonyl (C=O) groups excluding carboxylic acids is 1. The molecule has 3 atom stereocenters. The first kappa shape index (κ1) is 20.1. The number of carbonyl (C=O) groups is 2. The van der Waals surface area contributed by atoms with E-state index in [0.717, 1.165) is 18.4 Å². The van der Waals surface area contributed by atoms with Gasteiger partial charge in [-0.3, -0.25) is 14.6 Å². The normalized spacial score (nSPS) is 24.6. The van der Waals surface area contributed by atoms with Gasteiger partial charge in [0.2, 0.25) is 0 Å². The number of aromatic nitrogens is 1. The molecule has 152 valence electrons. The Morgan fingerprint density at radius 2 is 2.00 bits per heavy atom. The number of aliphatic carboxylic acids is 1. The molecule has 2 heterocycles. The molecule has 2 fully saturated rings. The van der Waals surface area contributed by atoms with Gasteiger partial charge in [0.15, 0.2) is 0 Å². The van der Waals surface area contributed by atoms with Crippen molar-refractivity contribution in [3.05, 3.63) is 63.9 Å². The Morgan fingerprint density at radius 1 is 1.21 bits per heavy atom. The molecule has 1 saturated heterocycles. The lowest BCUT2D eigenvalue weighted by Gasteiger charge is -2.44. The van der Waals surface area contributed by atoms with Crippen LogP contribution in [0.3, 0.4) is 0 Å². The maximum atomic E-state index is 13.2. The predicted octanol–water partition coefficient (Wildman–Crippen LogP) is 4.28. The Morgan fingerprint density at radius 3 is 2.62 bits per heavy atom. The highest BCUT2D eigenvalue weighted by molar-refractivity contribution is 6.30. The number of morpholine rings is 1. The highest BCUT2D eigenvalue weighted by Crippen LogP contribution is 2.44. The fraction of sp³-hybridized carbons (Fsp3) is 0.381. The van der Waals surface area contributed by atoms with Crippen molar-refractivity contribution in [3.63, 3.8) is 0 Å². The summed E-state index contributed by atoms with van der Waals surface area (Å²) in [5.74, 6) is -0.987. The molecule has 1 saturated carbocycles. The van der Waals surface area contributed by atoms with Crippen molar-refractivity contribution < 1.29 is 19.4 Å². The summed E-state index contributed by atoms with van der Waals surface area (Å²) >= 11 is 12.2. The number of rotatable bonds is 6. The summed E-state index contributed by atoms with van der Waals surface area (Å²) in [6.07, 6.45) is 1.60. The summed E-state index contributed by atoms with van der Waals surface area (Å²) in [5, 5.41) is 10.3. The van der Waals surface area contributed by atoms with Gasteiger partial charge in [0.05, 0.1) is 17.1 Å². The maximum absolute atomic E-state index is 13.2. The van der Waals surface area contributed by atoms with E-state index in [1.54, 1.807) is 35.2 Å². The van der Waals surface area contributed by atoms with Gasteiger partial charge in [0.1, 0.15) is 18.2 Å². The molecule has 0 spiro atoms. The van der Waals surface area contributed by atoms with E-state index in [1.165, 1.54) is 6.20 Å². The molecule has 0 unspecified atom stereocenters. The number of benzene rings is 1. The molecule has 0 radical (unpaired) electrons. The molecule has 1 amide bonds. The zero-order chi connectivity index (χ0) is 20.5. The average Bonchev–Trinajstić information content (AvgIpc) is 3.49. The summed E-state index contributed by atoms with van der Waals surface area (Å²) in [6.45, 7) is 0.546. The number of carboxylic acid groups (broad SMARTS) is 1. The van der Waals surface area contributed by atoms with Crippen LogP contribution in [0.2, 0.25) is 10.0 Å². The summed E-state index contributed by atoms with van der Waals surface area (Å²) < 4.78 is 6.08. The number of nitrogens with zero attached hydrogens (tertiary/aromatic N) is 2. The van der Waals surface area contributed by atoms with Crippen LogP contribution in [-0.2, 0) is 14.3 Å². The van der Waals surface area contributed by atoms with Gasteiger partial charge in [-0.1, -0.05) is 35.3 Å². The number of halogens is 2. The molecule has 4 rings (SSSR count). The topological polar surface area (TPSA) is 79.7 Å². The van der Waals surface area contributed by atoms with Crippen LogP contribution in [-0.4, -0.2) is 39.5 Å². The van der Waals surface area contributed by atoms with E-state index in [-0.39, 0.29) is 5.91 Å². The molecule has 0 bridgehead atoms. The van der Waals surface area contributed by atoms with Crippen molar-refractivity contribution in [2.45, 2.75) is 37.5 Å². The Bertz CT molecular complexity index is 917. The van der Waals surface area contributed by atoms with Crippen molar-refractivity contribution in [3.8, 4) is 0 Å². The Hall–Kier alpha value is -2.15. The third-order valence-electron chi connectivity index (χ3n) is 5.23. The second-order valence-electron chi connectivity index (χ2n) is 7.48. The molecule has 6 nitrogen and oxygen atoms in total. The fourth-order valence-corrected chi connectivity index (χ4v) is 4.00. The van der Waals surface area contributed by atoms with Gasteiger partial charge in [-0.15, -0.1) is 0 Å². The van der Waals surface area contributed by atoms with Crippen molar-refractivity contribution in [2.75, 3.05) is 6.54 Å². The SMILES string of the molecule is O=C(O)C[C@H]1O[C@H](c2cccc(Cl)c2)[C@@H](c2ccc(Cl)cn2)N(CC2CC2)C1=O. The zero-order valence-electron chi connectivity index (χ0n) is 15.5. The van der Waals surface area contributed by atoms with E-state index in [2.05, 4.69) is 4.98 Å². The van der Waals surface area contributed by atoms with Crippen LogP contribution >= 0.6 is 23.2 Å². The summed E-state index contributed by atoms with van der Waals surface area (Å²) in [4.78, 5) is 30.7. The van der Waals surface area contributed by atoms with Crippen LogP contribution in [0.1, 0.15) is 42.7 Å². The number of amides is 1. The van der Waals surface area contributed by atoms with Crippen LogP contribution in [0.5, 0.6) is 0 Å². The number of carboxylic acids is 1. The zero-order valence-corrected chi connectivity index (χ0v) is 17.0. The molecule has 1 N–H and O–H groups in total. The van der Waals surface area contributed by atoms with E-state index in [4.69, 9.17) is 27.9 Å². The van der Waals surface area contributed by atoms with E-state index in [9.17, 15) is 14.7 Å². The monoisotopic (exact) mass is 434 g/mol. The third kappa shape index (κ3) is 4.55. The lowest BCUT2D eigenvalue weighted by molar-refractivity contribution is -0.179. The van der Waals surface area contributed by atoms with E-state index in [0.29, 0.717) is 28.2 Å². The first-order chi connectivity index (χ1) is 13.9. The third-order valence-corrected chi connectivity index (χ3v) is 5.69. The highest BCUT2D eigenvalue weighted by Gasteiger charge is 2.46. The van der Waals surface area contributed by atoms with Gasteiger partial charge in [-0.25, -0.2) is 0 Å². The van der Waals surface area contributed by atoms with Crippen LogP contribution in [0.4, 0.5) is 0 Å². The summed E-state index contributed by atoms with van der Waals surface area (Å²) in [7, 11) is 0. The van der Waals surface area contributed by atoms with Crippen molar-refractivity contribution in [1.82, 2.24) is 9.88 Å². The number of hydrogen-bond acceptors (Lipinski definition) is 4. The van der Waals surface area contributed by atoms with Gasteiger partial charge >= 0.3 is 5.97 Å².